The number of hydrazine groups is 2. The summed E-state index contributed by atoms with van der Waals surface area (Å²) in [6, 6.07) is 0. The topological polar surface area (TPSA) is 168 Å². The van der Waals surface area contributed by atoms with Gasteiger partial charge in [0.25, 0.3) is 11.8 Å². The molecule has 10 nitrogen and oxygen atoms in total. The molecule has 0 atom stereocenters. The minimum Gasteiger partial charge on any atom is -0.290 e. The number of aromatic nitrogens is 4. The zero-order valence-electron chi connectivity index (χ0n) is 13.1. The SMILES string of the molecule is Cc1[nH]nc(CSSCc2n[nH]c(C)c2C(=O)NN)c1C(=O)NN. The van der Waals surface area contributed by atoms with Gasteiger partial charge in [-0.25, -0.2) is 11.7 Å². The number of H-pyrrole nitrogens is 2. The number of aromatic amines is 2. The molecule has 0 aliphatic heterocycles. The van der Waals surface area contributed by atoms with Crippen molar-refractivity contribution in [2.75, 3.05) is 0 Å². The number of nitrogens with one attached hydrogen (secondary N) is 4. The van der Waals surface area contributed by atoms with Crippen molar-refractivity contribution in [1.29, 1.82) is 0 Å². The second kappa shape index (κ2) is 8.19. The number of hydrogen-bond acceptors (Lipinski definition) is 8. The molecule has 2 amide bonds. The van der Waals surface area contributed by atoms with Crippen LogP contribution in [-0.2, 0) is 11.5 Å². The molecule has 0 aliphatic carbocycles. The van der Waals surface area contributed by atoms with E-state index in [0.29, 0.717) is 45.4 Å². The first-order valence-electron chi connectivity index (χ1n) is 6.83. The van der Waals surface area contributed by atoms with E-state index in [-0.39, 0.29) is 11.8 Å². The van der Waals surface area contributed by atoms with E-state index in [4.69, 9.17) is 11.7 Å². The number of carbonyl (C=O) groups is 2. The number of hydrogen-bond donors (Lipinski definition) is 6. The number of rotatable bonds is 7. The maximum atomic E-state index is 11.7. The molecule has 0 saturated carbocycles. The lowest BCUT2D eigenvalue weighted by Crippen LogP contribution is -2.31. The van der Waals surface area contributed by atoms with Gasteiger partial charge in [-0.05, 0) is 13.8 Å². The standard InChI is InChI=1S/C12H18N8O2S2/c1-5-9(11(21)15-13)7(19-17-5)3-23-24-4-8-10(12(22)16-14)6(2)18-20-8/h3-4,13-14H2,1-2H3,(H,15,21)(H,16,22)(H,17,19)(H,18,20). The highest BCUT2D eigenvalue weighted by molar-refractivity contribution is 8.76. The van der Waals surface area contributed by atoms with Gasteiger partial charge in [-0.3, -0.25) is 30.6 Å². The number of nitrogen functional groups attached to an aromatic ring is 2. The van der Waals surface area contributed by atoms with Crippen molar-refractivity contribution < 1.29 is 9.59 Å². The van der Waals surface area contributed by atoms with Gasteiger partial charge in [0.2, 0.25) is 0 Å². The predicted octanol–water partition coefficient (Wildman–Crippen LogP) is 0.0382. The van der Waals surface area contributed by atoms with Crippen molar-refractivity contribution in [1.82, 2.24) is 31.2 Å². The molecule has 8 N–H and O–H groups in total. The minimum absolute atomic E-state index is 0.383. The van der Waals surface area contributed by atoms with E-state index in [1.165, 1.54) is 21.6 Å². The first kappa shape index (κ1) is 18.3. The van der Waals surface area contributed by atoms with Crippen LogP contribution < -0.4 is 22.5 Å². The van der Waals surface area contributed by atoms with Crippen LogP contribution in [0.4, 0.5) is 0 Å². The molecule has 0 unspecified atom stereocenters. The third kappa shape index (κ3) is 3.90. The van der Waals surface area contributed by atoms with E-state index in [1.807, 2.05) is 0 Å². The maximum absolute atomic E-state index is 11.7. The summed E-state index contributed by atoms with van der Waals surface area (Å²) in [5, 5.41) is 13.8. The van der Waals surface area contributed by atoms with E-state index >= 15 is 0 Å². The van der Waals surface area contributed by atoms with Gasteiger partial charge in [0.15, 0.2) is 0 Å². The Morgan fingerprint density at radius 1 is 0.917 bits per heavy atom. The van der Waals surface area contributed by atoms with Gasteiger partial charge in [0.05, 0.1) is 22.5 Å². The first-order valence-corrected chi connectivity index (χ1v) is 9.32. The average molecular weight is 370 g/mol. The van der Waals surface area contributed by atoms with Crippen molar-refractivity contribution in [3.8, 4) is 0 Å². The molecule has 2 heterocycles. The highest BCUT2D eigenvalue weighted by Gasteiger charge is 2.19. The van der Waals surface area contributed by atoms with Crippen LogP contribution in [0.3, 0.4) is 0 Å². The quantitative estimate of drug-likeness (QED) is 0.130. The summed E-state index contributed by atoms with van der Waals surface area (Å²) in [6.45, 7) is 3.51. The van der Waals surface area contributed by atoms with Crippen LogP contribution in [-0.4, -0.2) is 32.2 Å². The molecule has 2 rings (SSSR count). The van der Waals surface area contributed by atoms with E-state index < -0.39 is 0 Å². The molecule has 2 aromatic heterocycles. The molecular formula is C12H18N8O2S2. The minimum atomic E-state index is -0.383. The summed E-state index contributed by atoms with van der Waals surface area (Å²) in [7, 11) is 2.98. The van der Waals surface area contributed by atoms with Crippen LogP contribution in [0.25, 0.3) is 0 Å². The van der Waals surface area contributed by atoms with Crippen LogP contribution in [0, 0.1) is 13.8 Å². The summed E-state index contributed by atoms with van der Waals surface area (Å²) in [4.78, 5) is 23.5. The van der Waals surface area contributed by atoms with E-state index in [0.717, 1.165) is 0 Å². The Labute approximate surface area is 145 Å². The highest BCUT2D eigenvalue weighted by Crippen LogP contribution is 2.31. The van der Waals surface area contributed by atoms with Crippen LogP contribution in [0.1, 0.15) is 43.5 Å². The first-order chi connectivity index (χ1) is 11.5. The summed E-state index contributed by atoms with van der Waals surface area (Å²) in [5.41, 5.74) is 7.66. The fraction of sp³-hybridized carbons (Fsp3) is 0.333. The van der Waals surface area contributed by atoms with E-state index in [1.54, 1.807) is 13.8 Å². The molecule has 2 aromatic rings. The Morgan fingerprint density at radius 2 is 1.29 bits per heavy atom. The predicted molar refractivity (Wildman–Crippen MR) is 92.5 cm³/mol. The summed E-state index contributed by atoms with van der Waals surface area (Å²) in [5.74, 6) is 10.6. The molecule has 0 radical (unpaired) electrons. The number of nitrogens with zero attached hydrogens (tertiary/aromatic N) is 2. The normalized spacial score (nSPS) is 10.7. The lowest BCUT2D eigenvalue weighted by Gasteiger charge is -2.03. The van der Waals surface area contributed by atoms with Crippen molar-refractivity contribution in [2.45, 2.75) is 25.4 Å². The summed E-state index contributed by atoms with van der Waals surface area (Å²) in [6.07, 6.45) is 0. The van der Waals surface area contributed by atoms with Crippen molar-refractivity contribution >= 4 is 33.4 Å². The Morgan fingerprint density at radius 3 is 1.62 bits per heavy atom. The van der Waals surface area contributed by atoms with E-state index in [9.17, 15) is 9.59 Å². The van der Waals surface area contributed by atoms with Crippen LogP contribution >= 0.6 is 21.6 Å². The maximum Gasteiger partial charge on any atom is 0.268 e. The van der Waals surface area contributed by atoms with Crippen LogP contribution in [0.2, 0.25) is 0 Å². The Kier molecular flexibility index (Phi) is 6.25. The van der Waals surface area contributed by atoms with Gasteiger partial charge in [0.1, 0.15) is 0 Å². The summed E-state index contributed by atoms with van der Waals surface area (Å²) < 4.78 is 0. The van der Waals surface area contributed by atoms with Gasteiger partial charge in [-0.1, -0.05) is 21.6 Å². The molecular weight excluding hydrogens is 352 g/mol. The van der Waals surface area contributed by atoms with Gasteiger partial charge < -0.3 is 0 Å². The second-order valence-electron chi connectivity index (χ2n) is 4.81. The molecule has 12 heteroatoms. The molecule has 0 spiro atoms. The lowest BCUT2D eigenvalue weighted by molar-refractivity contribution is 0.0944. The number of aryl methyl sites for hydroxylation is 2. The highest BCUT2D eigenvalue weighted by atomic mass is 33.1. The molecule has 0 saturated heterocycles. The Balaban J connectivity index is 1.95. The second-order valence-corrected chi connectivity index (χ2v) is 7.27. The third-order valence-corrected chi connectivity index (χ3v) is 5.39. The fourth-order valence-corrected chi connectivity index (χ4v) is 4.09. The van der Waals surface area contributed by atoms with E-state index in [2.05, 4.69) is 31.2 Å². The monoisotopic (exact) mass is 370 g/mol. The molecule has 0 bridgehead atoms. The molecule has 0 aliphatic rings. The number of amides is 2. The van der Waals surface area contributed by atoms with Crippen LogP contribution in [0.15, 0.2) is 0 Å². The smallest absolute Gasteiger partial charge is 0.268 e. The van der Waals surface area contributed by atoms with Crippen molar-refractivity contribution in [2.24, 2.45) is 11.7 Å². The number of carbonyl (C=O) groups excluding carboxylic acids is 2. The molecule has 0 aromatic carbocycles. The van der Waals surface area contributed by atoms with Crippen LogP contribution in [0.5, 0.6) is 0 Å². The zero-order chi connectivity index (χ0) is 17.7. The Hall–Kier alpha value is -2.02. The number of nitrogens with two attached hydrogens (primary N) is 2. The van der Waals surface area contributed by atoms with Crippen molar-refractivity contribution in [3.63, 3.8) is 0 Å². The largest absolute Gasteiger partial charge is 0.290 e. The van der Waals surface area contributed by atoms with Crippen molar-refractivity contribution in [3.05, 3.63) is 33.9 Å². The van der Waals surface area contributed by atoms with Gasteiger partial charge in [-0.2, -0.15) is 10.2 Å². The van der Waals surface area contributed by atoms with Gasteiger partial charge in [-0.15, -0.1) is 0 Å². The Bertz CT molecular complexity index is 679. The molecule has 24 heavy (non-hydrogen) atoms. The molecule has 130 valence electrons. The average Bonchev–Trinajstić information content (AvgIpc) is 3.13. The third-order valence-electron chi connectivity index (χ3n) is 3.24. The fourth-order valence-electron chi connectivity index (χ4n) is 2.11. The summed E-state index contributed by atoms with van der Waals surface area (Å²) >= 11 is 0. The zero-order valence-corrected chi connectivity index (χ0v) is 14.7. The lowest BCUT2D eigenvalue weighted by atomic mass is 10.2. The van der Waals surface area contributed by atoms with Gasteiger partial charge >= 0.3 is 0 Å². The molecule has 0 fully saturated rings. The van der Waals surface area contributed by atoms with Gasteiger partial charge in [0, 0.05) is 22.9 Å².